The SMILES string of the molecule is O=C(O)c1cccc(-c2ccccc2CO)n1. The monoisotopic (exact) mass is 229 g/mol. The summed E-state index contributed by atoms with van der Waals surface area (Å²) in [5.74, 6) is -1.06. The van der Waals surface area contributed by atoms with E-state index in [1.807, 2.05) is 12.1 Å². The lowest BCUT2D eigenvalue weighted by Gasteiger charge is -2.06. The van der Waals surface area contributed by atoms with Crippen LogP contribution < -0.4 is 0 Å². The third kappa shape index (κ3) is 2.32. The average molecular weight is 229 g/mol. The van der Waals surface area contributed by atoms with E-state index in [4.69, 9.17) is 5.11 Å². The van der Waals surface area contributed by atoms with Gasteiger partial charge in [-0.15, -0.1) is 0 Å². The summed E-state index contributed by atoms with van der Waals surface area (Å²) in [5.41, 5.74) is 2.02. The number of carbonyl (C=O) groups is 1. The maximum absolute atomic E-state index is 10.8. The number of aliphatic hydroxyl groups is 1. The molecule has 1 heterocycles. The lowest BCUT2D eigenvalue weighted by Crippen LogP contribution is -2.01. The number of hydrogen-bond donors (Lipinski definition) is 2. The molecule has 0 unspecified atom stereocenters. The van der Waals surface area contributed by atoms with Crippen LogP contribution in [-0.2, 0) is 6.61 Å². The number of carboxylic acids is 1. The molecule has 0 saturated heterocycles. The minimum atomic E-state index is -1.06. The number of aromatic nitrogens is 1. The van der Waals surface area contributed by atoms with Crippen LogP contribution in [0.2, 0.25) is 0 Å². The van der Waals surface area contributed by atoms with Crippen LogP contribution in [0.3, 0.4) is 0 Å². The molecular formula is C13H11NO3. The summed E-state index contributed by atoms with van der Waals surface area (Å²) >= 11 is 0. The second-order valence-corrected chi connectivity index (χ2v) is 3.53. The Morgan fingerprint density at radius 2 is 1.88 bits per heavy atom. The number of carboxylic acid groups (broad SMARTS) is 1. The molecule has 0 radical (unpaired) electrons. The zero-order chi connectivity index (χ0) is 12.3. The Balaban J connectivity index is 2.52. The predicted octanol–water partition coefficient (Wildman–Crippen LogP) is 1.94. The van der Waals surface area contributed by atoms with Crippen LogP contribution in [0.4, 0.5) is 0 Å². The van der Waals surface area contributed by atoms with Crippen molar-refractivity contribution < 1.29 is 15.0 Å². The molecule has 4 heteroatoms. The van der Waals surface area contributed by atoms with Crippen molar-refractivity contribution in [3.8, 4) is 11.3 Å². The topological polar surface area (TPSA) is 70.4 Å². The van der Waals surface area contributed by atoms with Crippen molar-refractivity contribution in [2.45, 2.75) is 6.61 Å². The van der Waals surface area contributed by atoms with Gasteiger partial charge in [-0.1, -0.05) is 30.3 Å². The van der Waals surface area contributed by atoms with Crippen LogP contribution in [0.5, 0.6) is 0 Å². The molecule has 0 saturated carbocycles. The van der Waals surface area contributed by atoms with Gasteiger partial charge in [0, 0.05) is 5.56 Å². The van der Waals surface area contributed by atoms with Gasteiger partial charge < -0.3 is 10.2 Å². The van der Waals surface area contributed by atoms with Crippen LogP contribution in [0.25, 0.3) is 11.3 Å². The Morgan fingerprint density at radius 3 is 2.59 bits per heavy atom. The molecule has 4 nitrogen and oxygen atoms in total. The van der Waals surface area contributed by atoms with Crippen LogP contribution >= 0.6 is 0 Å². The Kier molecular flexibility index (Phi) is 3.16. The number of nitrogens with zero attached hydrogens (tertiary/aromatic N) is 1. The van der Waals surface area contributed by atoms with E-state index in [0.29, 0.717) is 5.69 Å². The molecule has 0 atom stereocenters. The first kappa shape index (κ1) is 11.3. The number of rotatable bonds is 3. The second-order valence-electron chi connectivity index (χ2n) is 3.53. The quantitative estimate of drug-likeness (QED) is 0.843. The van der Waals surface area contributed by atoms with Gasteiger partial charge in [0.15, 0.2) is 0 Å². The van der Waals surface area contributed by atoms with E-state index >= 15 is 0 Å². The van der Waals surface area contributed by atoms with Crippen LogP contribution in [0, 0.1) is 0 Å². The number of aromatic carboxylic acids is 1. The van der Waals surface area contributed by atoms with Gasteiger partial charge in [-0.05, 0) is 17.7 Å². The standard InChI is InChI=1S/C13H11NO3/c15-8-9-4-1-2-5-10(9)11-6-3-7-12(14-11)13(16)17/h1-7,15H,8H2,(H,16,17). The molecule has 17 heavy (non-hydrogen) atoms. The molecule has 1 aromatic heterocycles. The Hall–Kier alpha value is -2.20. The highest BCUT2D eigenvalue weighted by molar-refractivity contribution is 5.86. The lowest BCUT2D eigenvalue weighted by atomic mass is 10.0. The van der Waals surface area contributed by atoms with Gasteiger partial charge in [0.1, 0.15) is 5.69 Å². The van der Waals surface area contributed by atoms with Crippen LogP contribution in [-0.4, -0.2) is 21.2 Å². The highest BCUT2D eigenvalue weighted by Gasteiger charge is 2.08. The van der Waals surface area contributed by atoms with Gasteiger partial charge in [-0.25, -0.2) is 9.78 Å². The minimum Gasteiger partial charge on any atom is -0.477 e. The summed E-state index contributed by atoms with van der Waals surface area (Å²) in [7, 11) is 0. The van der Waals surface area contributed by atoms with Crippen molar-refractivity contribution in [1.29, 1.82) is 0 Å². The summed E-state index contributed by atoms with van der Waals surface area (Å²) < 4.78 is 0. The average Bonchev–Trinajstić information content (AvgIpc) is 2.39. The van der Waals surface area contributed by atoms with Crippen molar-refractivity contribution in [1.82, 2.24) is 4.98 Å². The highest BCUT2D eigenvalue weighted by Crippen LogP contribution is 2.21. The third-order valence-corrected chi connectivity index (χ3v) is 2.43. The highest BCUT2D eigenvalue weighted by atomic mass is 16.4. The van der Waals surface area contributed by atoms with Gasteiger partial charge >= 0.3 is 5.97 Å². The third-order valence-electron chi connectivity index (χ3n) is 2.43. The fourth-order valence-corrected chi connectivity index (χ4v) is 1.61. The van der Waals surface area contributed by atoms with Crippen molar-refractivity contribution in [3.63, 3.8) is 0 Å². The van der Waals surface area contributed by atoms with Gasteiger partial charge in [0.05, 0.1) is 12.3 Å². The molecule has 0 aliphatic heterocycles. The molecule has 0 spiro atoms. The van der Waals surface area contributed by atoms with Crippen molar-refractivity contribution in [2.75, 3.05) is 0 Å². The Labute approximate surface area is 98.2 Å². The molecule has 0 aliphatic rings. The normalized spacial score (nSPS) is 10.2. The number of pyridine rings is 1. The first-order chi connectivity index (χ1) is 8.22. The Morgan fingerprint density at radius 1 is 1.12 bits per heavy atom. The van der Waals surface area contributed by atoms with E-state index in [0.717, 1.165) is 11.1 Å². The van der Waals surface area contributed by atoms with Gasteiger partial charge in [0.2, 0.25) is 0 Å². The number of benzene rings is 1. The molecular weight excluding hydrogens is 218 g/mol. The Bertz CT molecular complexity index is 552. The first-order valence-corrected chi connectivity index (χ1v) is 5.12. The molecule has 2 aromatic rings. The summed E-state index contributed by atoms with van der Waals surface area (Å²) in [4.78, 5) is 14.9. The number of aliphatic hydroxyl groups excluding tert-OH is 1. The fourth-order valence-electron chi connectivity index (χ4n) is 1.61. The molecule has 0 aliphatic carbocycles. The van der Waals surface area contributed by atoms with Crippen LogP contribution in [0.15, 0.2) is 42.5 Å². The molecule has 0 amide bonds. The molecule has 86 valence electrons. The smallest absolute Gasteiger partial charge is 0.354 e. The lowest BCUT2D eigenvalue weighted by molar-refractivity contribution is 0.0690. The second kappa shape index (κ2) is 4.76. The van der Waals surface area contributed by atoms with E-state index in [-0.39, 0.29) is 12.3 Å². The molecule has 0 fully saturated rings. The van der Waals surface area contributed by atoms with E-state index in [1.165, 1.54) is 6.07 Å². The first-order valence-electron chi connectivity index (χ1n) is 5.12. The molecule has 0 bridgehead atoms. The summed E-state index contributed by atoms with van der Waals surface area (Å²) in [5, 5.41) is 18.1. The minimum absolute atomic E-state index is 0.00440. The maximum Gasteiger partial charge on any atom is 0.354 e. The molecule has 1 aromatic carbocycles. The maximum atomic E-state index is 10.8. The summed E-state index contributed by atoms with van der Waals surface area (Å²) in [6.45, 7) is -0.102. The van der Waals surface area contributed by atoms with Crippen molar-refractivity contribution in [3.05, 3.63) is 53.7 Å². The van der Waals surface area contributed by atoms with Gasteiger partial charge in [-0.3, -0.25) is 0 Å². The van der Waals surface area contributed by atoms with E-state index < -0.39 is 5.97 Å². The van der Waals surface area contributed by atoms with Crippen LogP contribution in [0.1, 0.15) is 16.1 Å². The fraction of sp³-hybridized carbons (Fsp3) is 0.0769. The van der Waals surface area contributed by atoms with Crippen molar-refractivity contribution in [2.24, 2.45) is 0 Å². The number of hydrogen-bond acceptors (Lipinski definition) is 3. The van der Waals surface area contributed by atoms with Crippen molar-refractivity contribution >= 4 is 5.97 Å². The predicted molar refractivity (Wildman–Crippen MR) is 62.6 cm³/mol. The molecule has 2 N–H and O–H groups in total. The van der Waals surface area contributed by atoms with E-state index in [2.05, 4.69) is 4.98 Å². The zero-order valence-corrected chi connectivity index (χ0v) is 9.00. The zero-order valence-electron chi connectivity index (χ0n) is 9.00. The van der Waals surface area contributed by atoms with Gasteiger partial charge in [-0.2, -0.15) is 0 Å². The molecule has 2 rings (SSSR count). The summed E-state index contributed by atoms with van der Waals surface area (Å²) in [6, 6.07) is 12.0. The largest absolute Gasteiger partial charge is 0.477 e. The summed E-state index contributed by atoms with van der Waals surface area (Å²) in [6.07, 6.45) is 0. The van der Waals surface area contributed by atoms with E-state index in [1.54, 1.807) is 24.3 Å². The van der Waals surface area contributed by atoms with Gasteiger partial charge in [0.25, 0.3) is 0 Å². The van der Waals surface area contributed by atoms with E-state index in [9.17, 15) is 9.90 Å².